The quantitative estimate of drug-likeness (QED) is 0.330. The zero-order chi connectivity index (χ0) is 25.4. The lowest BCUT2D eigenvalue weighted by molar-refractivity contribution is -0.137. The molecule has 1 heterocycles. The van der Waals surface area contributed by atoms with E-state index in [1.807, 2.05) is 36.5 Å². The second-order valence-electron chi connectivity index (χ2n) is 9.10. The Morgan fingerprint density at radius 3 is 2.20 bits per heavy atom. The van der Waals surface area contributed by atoms with Gasteiger partial charge < -0.3 is 9.84 Å². The Bertz CT molecular complexity index is 1340. The van der Waals surface area contributed by atoms with Gasteiger partial charge in [-0.05, 0) is 66.9 Å². The van der Waals surface area contributed by atoms with Gasteiger partial charge in [-0.25, -0.2) is 4.79 Å². The largest absolute Gasteiger partial charge is 0.465 e. The van der Waals surface area contributed by atoms with E-state index >= 15 is 0 Å². The Morgan fingerprint density at radius 2 is 1.63 bits per heavy atom. The number of hydrogen-bond acceptors (Lipinski definition) is 4. The van der Waals surface area contributed by atoms with Gasteiger partial charge in [0.2, 0.25) is 0 Å². The highest BCUT2D eigenvalue weighted by molar-refractivity contribution is 5.89. The van der Waals surface area contributed by atoms with Crippen LogP contribution >= 0.6 is 0 Å². The van der Waals surface area contributed by atoms with E-state index in [-0.39, 0.29) is 6.04 Å². The summed E-state index contributed by atoms with van der Waals surface area (Å²) >= 11 is 0. The van der Waals surface area contributed by atoms with Crippen molar-refractivity contribution in [2.45, 2.75) is 38.1 Å². The van der Waals surface area contributed by atoms with E-state index in [0.29, 0.717) is 23.1 Å². The number of rotatable bonds is 6. The minimum Gasteiger partial charge on any atom is -0.465 e. The molecule has 1 atom stereocenters. The molecule has 3 aromatic carbocycles. The first kappa shape index (κ1) is 24.5. The van der Waals surface area contributed by atoms with Crippen LogP contribution in [0.2, 0.25) is 0 Å². The molecule has 0 aliphatic carbocycles. The average Bonchev–Trinajstić information content (AvgIpc) is 3.24. The summed E-state index contributed by atoms with van der Waals surface area (Å²) in [4.78, 5) is 11.8. The van der Waals surface area contributed by atoms with Crippen LogP contribution in [0, 0.1) is 0 Å². The van der Waals surface area contributed by atoms with Gasteiger partial charge in [0.15, 0.2) is 0 Å². The Hall–Kier alpha value is -3.65. The molecule has 8 heteroatoms. The van der Waals surface area contributed by atoms with E-state index in [2.05, 4.69) is 0 Å². The maximum absolute atomic E-state index is 12.9. The Kier molecular flexibility index (Phi) is 6.42. The Balaban J connectivity index is 1.69. The summed E-state index contributed by atoms with van der Waals surface area (Å²) in [5.41, 5.74) is 1.75. The summed E-state index contributed by atoms with van der Waals surface area (Å²) in [7, 11) is 1.32. The number of esters is 1. The van der Waals surface area contributed by atoms with Crippen molar-refractivity contribution in [3.8, 4) is 11.1 Å². The molecule has 0 fully saturated rings. The first-order chi connectivity index (χ1) is 16.4. The van der Waals surface area contributed by atoms with Crippen molar-refractivity contribution in [2.75, 3.05) is 7.11 Å². The topological polar surface area (TPSA) is 64.3 Å². The smallest absolute Gasteiger partial charge is 0.416 e. The molecule has 0 amide bonds. The number of aliphatic hydroxyl groups is 1. The zero-order valence-electron chi connectivity index (χ0n) is 19.5. The van der Waals surface area contributed by atoms with Crippen molar-refractivity contribution in [1.82, 2.24) is 9.78 Å². The van der Waals surface area contributed by atoms with Crippen molar-refractivity contribution in [3.63, 3.8) is 0 Å². The summed E-state index contributed by atoms with van der Waals surface area (Å²) in [6, 6.07) is 17.2. The van der Waals surface area contributed by atoms with E-state index in [0.717, 1.165) is 28.6 Å². The van der Waals surface area contributed by atoms with Crippen LogP contribution in [0.25, 0.3) is 22.0 Å². The van der Waals surface area contributed by atoms with Gasteiger partial charge >= 0.3 is 12.1 Å². The summed E-state index contributed by atoms with van der Waals surface area (Å²) in [5, 5.41) is 16.1. The summed E-state index contributed by atoms with van der Waals surface area (Å²) in [6.07, 6.45) is -2.16. The van der Waals surface area contributed by atoms with Gasteiger partial charge in [0.1, 0.15) is 0 Å². The standard InChI is InChI=1S/C27H25F3N2O3/c1-26(2,34)15-24(18-4-6-19(7-5-18)25(33)35-3)32-16-21-14-20(10-13-23(21)31-32)17-8-11-22(12-9-17)27(28,29)30/h4-14,16,24,34H,15H2,1-3H3. The summed E-state index contributed by atoms with van der Waals surface area (Å²) in [5.74, 6) is -0.434. The molecule has 0 aliphatic heterocycles. The SMILES string of the molecule is COC(=O)c1ccc(C(CC(C)(C)O)n2cc3cc(-c4ccc(C(F)(F)F)cc4)ccc3n2)cc1. The maximum atomic E-state index is 12.9. The number of carbonyl (C=O) groups excluding carboxylic acids is 1. The molecule has 0 aliphatic rings. The van der Waals surface area contributed by atoms with E-state index in [4.69, 9.17) is 9.84 Å². The molecule has 4 rings (SSSR count). The second kappa shape index (κ2) is 9.19. The van der Waals surface area contributed by atoms with Crippen molar-refractivity contribution in [1.29, 1.82) is 0 Å². The van der Waals surface area contributed by atoms with E-state index in [9.17, 15) is 23.1 Å². The molecule has 182 valence electrons. The summed E-state index contributed by atoms with van der Waals surface area (Å²) in [6.45, 7) is 3.43. The normalized spacial score (nSPS) is 13.1. The van der Waals surface area contributed by atoms with Crippen molar-refractivity contribution < 1.29 is 27.8 Å². The molecule has 1 N–H and O–H groups in total. The molecule has 35 heavy (non-hydrogen) atoms. The van der Waals surface area contributed by atoms with Crippen LogP contribution in [0.5, 0.6) is 0 Å². The molecule has 5 nitrogen and oxygen atoms in total. The third-order valence-electron chi connectivity index (χ3n) is 5.80. The molecule has 0 bridgehead atoms. The van der Waals surface area contributed by atoms with Gasteiger partial charge in [0.05, 0.1) is 35.4 Å². The number of alkyl halides is 3. The Labute approximate surface area is 200 Å². The first-order valence-corrected chi connectivity index (χ1v) is 11.0. The fourth-order valence-electron chi connectivity index (χ4n) is 4.03. The van der Waals surface area contributed by atoms with Crippen molar-refractivity contribution >= 4 is 16.9 Å². The highest BCUT2D eigenvalue weighted by Crippen LogP contribution is 2.33. The lowest BCUT2D eigenvalue weighted by Crippen LogP contribution is -2.26. The summed E-state index contributed by atoms with van der Waals surface area (Å²) < 4.78 is 45.2. The molecular weight excluding hydrogens is 457 g/mol. The molecule has 0 saturated heterocycles. The minimum atomic E-state index is -4.38. The van der Waals surface area contributed by atoms with Crippen LogP contribution in [0.3, 0.4) is 0 Å². The zero-order valence-corrected chi connectivity index (χ0v) is 19.5. The number of benzene rings is 3. The number of halogens is 3. The number of hydrogen-bond donors (Lipinski definition) is 1. The van der Waals surface area contributed by atoms with Crippen molar-refractivity contribution in [2.24, 2.45) is 0 Å². The first-order valence-electron chi connectivity index (χ1n) is 11.0. The number of fused-ring (bicyclic) bond motifs is 1. The van der Waals surface area contributed by atoms with E-state index < -0.39 is 23.3 Å². The monoisotopic (exact) mass is 482 g/mol. The van der Waals surface area contributed by atoms with Crippen LogP contribution in [0.4, 0.5) is 13.2 Å². The number of nitrogens with zero attached hydrogens (tertiary/aromatic N) is 2. The average molecular weight is 483 g/mol. The Morgan fingerprint density at radius 1 is 1.00 bits per heavy atom. The van der Waals surface area contributed by atoms with Crippen LogP contribution in [-0.2, 0) is 10.9 Å². The molecule has 0 spiro atoms. The predicted octanol–water partition coefficient (Wildman–Crippen LogP) is 6.26. The highest BCUT2D eigenvalue weighted by Gasteiger charge is 2.30. The molecule has 1 unspecified atom stereocenters. The van der Waals surface area contributed by atoms with E-state index in [1.54, 1.807) is 30.7 Å². The third kappa shape index (κ3) is 5.54. The highest BCUT2D eigenvalue weighted by atomic mass is 19.4. The van der Waals surface area contributed by atoms with Gasteiger partial charge in [0, 0.05) is 18.0 Å². The molecule has 1 aromatic heterocycles. The predicted molar refractivity (Wildman–Crippen MR) is 127 cm³/mol. The molecule has 4 aromatic rings. The van der Waals surface area contributed by atoms with Gasteiger partial charge in [0.25, 0.3) is 0 Å². The number of aromatic nitrogens is 2. The van der Waals surface area contributed by atoms with Crippen molar-refractivity contribution in [3.05, 3.63) is 89.6 Å². The second-order valence-corrected chi connectivity index (χ2v) is 9.10. The third-order valence-corrected chi connectivity index (χ3v) is 5.80. The van der Waals surface area contributed by atoms with Crippen LogP contribution in [0.1, 0.15) is 47.8 Å². The molecular formula is C27H25F3N2O3. The molecule has 0 saturated carbocycles. The maximum Gasteiger partial charge on any atom is 0.416 e. The minimum absolute atomic E-state index is 0.316. The fraction of sp³-hybridized carbons (Fsp3) is 0.259. The van der Waals surface area contributed by atoms with Gasteiger partial charge in [-0.3, -0.25) is 4.68 Å². The van der Waals surface area contributed by atoms with Crippen LogP contribution in [-0.4, -0.2) is 33.6 Å². The lowest BCUT2D eigenvalue weighted by Gasteiger charge is -2.26. The number of ether oxygens (including phenoxy) is 1. The van der Waals surface area contributed by atoms with Crippen LogP contribution in [0.15, 0.2) is 72.9 Å². The van der Waals surface area contributed by atoms with Gasteiger partial charge in [-0.15, -0.1) is 0 Å². The van der Waals surface area contributed by atoms with Crippen LogP contribution < -0.4 is 0 Å². The lowest BCUT2D eigenvalue weighted by atomic mass is 9.93. The number of methoxy groups -OCH3 is 1. The van der Waals surface area contributed by atoms with Gasteiger partial charge in [-0.2, -0.15) is 18.3 Å². The number of carbonyl (C=O) groups is 1. The van der Waals surface area contributed by atoms with E-state index in [1.165, 1.54) is 19.2 Å². The molecule has 0 radical (unpaired) electrons. The fourth-order valence-corrected chi connectivity index (χ4v) is 4.03. The van der Waals surface area contributed by atoms with Gasteiger partial charge in [-0.1, -0.05) is 30.3 Å².